The summed E-state index contributed by atoms with van der Waals surface area (Å²) < 4.78 is 16.8. The van der Waals surface area contributed by atoms with Crippen molar-refractivity contribution in [1.82, 2.24) is 5.32 Å². The van der Waals surface area contributed by atoms with Crippen LogP contribution in [0.5, 0.6) is 0 Å². The lowest BCUT2D eigenvalue weighted by Crippen LogP contribution is -2.51. The molecule has 4 nitrogen and oxygen atoms in total. The second-order valence-electron chi connectivity index (χ2n) is 7.31. The minimum atomic E-state index is -2.56. The van der Waals surface area contributed by atoms with Crippen LogP contribution in [0, 0.1) is 5.41 Å². The fraction of sp³-hybridized carbons (Fsp3) is 1.00. The van der Waals surface area contributed by atoms with Crippen molar-refractivity contribution in [2.45, 2.75) is 104 Å². The number of unbranched alkanes of at least 4 members (excludes halogenated alkanes) is 3. The molecule has 1 fully saturated rings. The lowest BCUT2D eigenvalue weighted by Gasteiger charge is -2.44. The van der Waals surface area contributed by atoms with E-state index in [1.807, 2.05) is 0 Å². The van der Waals surface area contributed by atoms with E-state index in [0.29, 0.717) is 5.41 Å². The van der Waals surface area contributed by atoms with Crippen molar-refractivity contribution in [3.8, 4) is 0 Å². The molecule has 1 aliphatic rings. The monoisotopic (exact) mass is 346 g/mol. The van der Waals surface area contributed by atoms with Crippen LogP contribution in [0.3, 0.4) is 0 Å². The molecule has 136 valence electrons. The quantitative estimate of drug-likeness (QED) is 0.271. The van der Waals surface area contributed by atoms with Gasteiger partial charge in [-0.1, -0.05) is 57.4 Å². The van der Waals surface area contributed by atoms with Gasteiger partial charge in [0.1, 0.15) is 0 Å². The normalized spacial score (nSPS) is 20.4. The van der Waals surface area contributed by atoms with E-state index in [9.17, 15) is 9.46 Å². The highest BCUT2D eigenvalue weighted by molar-refractivity contribution is 7.32. The second kappa shape index (κ2) is 10.8. The fourth-order valence-electron chi connectivity index (χ4n) is 3.86. The molecule has 0 heterocycles. The summed E-state index contributed by atoms with van der Waals surface area (Å²) in [4.78, 5) is 9.29. The highest BCUT2D eigenvalue weighted by Crippen LogP contribution is 2.49. The molecular formula is C18H37NO3P+. The number of hydrogen-bond donors (Lipinski definition) is 2. The molecule has 1 rings (SSSR count). The van der Waals surface area contributed by atoms with Crippen molar-refractivity contribution < 1.29 is 14.0 Å². The van der Waals surface area contributed by atoms with Crippen molar-refractivity contribution in [1.29, 1.82) is 0 Å². The molecule has 1 aliphatic carbocycles. The van der Waals surface area contributed by atoms with Crippen molar-refractivity contribution in [2.75, 3.05) is 6.54 Å². The first-order valence-electron chi connectivity index (χ1n) is 9.62. The molecule has 1 saturated carbocycles. The van der Waals surface area contributed by atoms with Gasteiger partial charge in [-0.3, -0.25) is 5.32 Å². The molecule has 0 amide bonds. The Kier molecular flexibility index (Phi) is 9.84. The zero-order chi connectivity index (χ0) is 17.2. The van der Waals surface area contributed by atoms with Crippen LogP contribution in [0.25, 0.3) is 0 Å². The van der Waals surface area contributed by atoms with E-state index >= 15 is 0 Å². The molecule has 1 atom stereocenters. The van der Waals surface area contributed by atoms with Gasteiger partial charge in [-0.05, 0) is 56.9 Å². The summed E-state index contributed by atoms with van der Waals surface area (Å²) in [7, 11) is -2.56. The molecule has 0 aromatic carbocycles. The summed E-state index contributed by atoms with van der Waals surface area (Å²) in [5.41, 5.74) is -0.161. The molecule has 0 aliphatic heterocycles. The highest BCUT2D eigenvalue weighted by atomic mass is 31.1. The van der Waals surface area contributed by atoms with Crippen molar-refractivity contribution in [2.24, 2.45) is 5.41 Å². The molecule has 5 heteroatoms. The Morgan fingerprint density at radius 2 is 1.48 bits per heavy atom. The largest absolute Gasteiger partial charge is 0.696 e. The molecule has 2 N–H and O–H groups in total. The smallest absolute Gasteiger partial charge is 0.285 e. The minimum absolute atomic E-state index is 0.423. The molecule has 0 radical (unpaired) electrons. The SMILES string of the molecule is CCCCNC1(O[P+](=O)O)CCC(CCCC)(CCCC)CC1. The molecule has 0 bridgehead atoms. The van der Waals surface area contributed by atoms with Gasteiger partial charge in [0.25, 0.3) is 0 Å². The van der Waals surface area contributed by atoms with Crippen LogP contribution in [0.15, 0.2) is 0 Å². The van der Waals surface area contributed by atoms with Gasteiger partial charge in [0.05, 0.1) is 0 Å². The third-order valence-electron chi connectivity index (χ3n) is 5.47. The number of hydrogen-bond acceptors (Lipinski definition) is 3. The van der Waals surface area contributed by atoms with E-state index in [4.69, 9.17) is 4.52 Å². The molecule has 0 aromatic heterocycles. The standard InChI is InChI=1S/C18H36NO3P/c1-4-7-10-17(11-8-5-2)12-14-18(15-13-17,22-23(20)21)19-16-9-6-3/h19H,4-16H2,1-3H3/p+1. The van der Waals surface area contributed by atoms with Gasteiger partial charge >= 0.3 is 8.25 Å². The van der Waals surface area contributed by atoms with E-state index in [2.05, 4.69) is 26.1 Å². The Hall–Kier alpha value is -0.0200. The molecule has 0 aromatic rings. The first-order valence-corrected chi connectivity index (χ1v) is 10.7. The van der Waals surface area contributed by atoms with Gasteiger partial charge in [-0.15, -0.1) is 4.89 Å². The van der Waals surface area contributed by atoms with Crippen LogP contribution < -0.4 is 5.32 Å². The van der Waals surface area contributed by atoms with Crippen molar-refractivity contribution >= 4 is 8.25 Å². The average Bonchev–Trinajstić information content (AvgIpc) is 2.53. The Morgan fingerprint density at radius 1 is 0.957 bits per heavy atom. The Labute approximate surface area is 143 Å². The molecular weight excluding hydrogens is 309 g/mol. The topological polar surface area (TPSA) is 58.6 Å². The Balaban J connectivity index is 2.70. The maximum Gasteiger partial charge on any atom is 0.696 e. The third kappa shape index (κ3) is 7.17. The highest BCUT2D eigenvalue weighted by Gasteiger charge is 2.47. The molecule has 0 saturated heterocycles. The van der Waals surface area contributed by atoms with E-state index < -0.39 is 14.0 Å². The third-order valence-corrected chi connectivity index (χ3v) is 5.98. The summed E-state index contributed by atoms with van der Waals surface area (Å²) >= 11 is 0. The Bertz CT molecular complexity index is 331. The molecule has 23 heavy (non-hydrogen) atoms. The van der Waals surface area contributed by atoms with E-state index in [0.717, 1.165) is 45.1 Å². The summed E-state index contributed by atoms with van der Waals surface area (Å²) in [6.45, 7) is 7.53. The minimum Gasteiger partial charge on any atom is -0.285 e. The zero-order valence-electron chi connectivity index (χ0n) is 15.4. The van der Waals surface area contributed by atoms with Crippen LogP contribution in [0.4, 0.5) is 0 Å². The fourth-order valence-corrected chi connectivity index (χ4v) is 4.40. The summed E-state index contributed by atoms with van der Waals surface area (Å²) in [6.07, 6.45) is 13.8. The van der Waals surface area contributed by atoms with Crippen LogP contribution in [-0.2, 0) is 9.09 Å². The second-order valence-corrected chi connectivity index (χ2v) is 7.97. The lowest BCUT2D eigenvalue weighted by atomic mass is 9.66. The predicted octanol–water partition coefficient (Wildman–Crippen LogP) is 5.68. The first-order chi connectivity index (χ1) is 11.0. The number of nitrogens with one attached hydrogen (secondary N) is 1. The van der Waals surface area contributed by atoms with Gasteiger partial charge in [-0.2, -0.15) is 0 Å². The van der Waals surface area contributed by atoms with Crippen LogP contribution in [0.1, 0.15) is 97.8 Å². The Morgan fingerprint density at radius 3 is 1.91 bits per heavy atom. The van der Waals surface area contributed by atoms with Gasteiger partial charge in [0.15, 0.2) is 5.72 Å². The summed E-state index contributed by atoms with van der Waals surface area (Å²) in [5.74, 6) is 0. The molecule has 0 spiro atoms. The average molecular weight is 346 g/mol. The van der Waals surface area contributed by atoms with Gasteiger partial charge in [0, 0.05) is 4.57 Å². The maximum absolute atomic E-state index is 11.3. The van der Waals surface area contributed by atoms with Gasteiger partial charge in [-0.25, -0.2) is 0 Å². The van der Waals surface area contributed by atoms with Crippen LogP contribution >= 0.6 is 8.25 Å². The van der Waals surface area contributed by atoms with Crippen molar-refractivity contribution in [3.63, 3.8) is 0 Å². The van der Waals surface area contributed by atoms with E-state index in [1.54, 1.807) is 0 Å². The van der Waals surface area contributed by atoms with Crippen LogP contribution in [-0.4, -0.2) is 17.2 Å². The van der Waals surface area contributed by atoms with Crippen LogP contribution in [0.2, 0.25) is 0 Å². The maximum atomic E-state index is 11.3. The van der Waals surface area contributed by atoms with Gasteiger partial charge in [0.2, 0.25) is 0 Å². The lowest BCUT2D eigenvalue weighted by molar-refractivity contribution is -0.0454. The summed E-state index contributed by atoms with van der Waals surface area (Å²) in [5, 5.41) is 3.45. The van der Waals surface area contributed by atoms with E-state index in [-0.39, 0.29) is 0 Å². The van der Waals surface area contributed by atoms with E-state index in [1.165, 1.54) is 38.5 Å². The predicted molar refractivity (Wildman–Crippen MR) is 96.5 cm³/mol. The summed E-state index contributed by atoms with van der Waals surface area (Å²) in [6, 6.07) is 0. The van der Waals surface area contributed by atoms with Crippen molar-refractivity contribution in [3.05, 3.63) is 0 Å². The number of rotatable bonds is 12. The molecule has 1 unspecified atom stereocenters. The first kappa shape index (κ1) is 21.0. The van der Waals surface area contributed by atoms with Gasteiger partial charge < -0.3 is 0 Å². The zero-order valence-corrected chi connectivity index (χ0v) is 16.3.